The van der Waals surface area contributed by atoms with Crippen molar-refractivity contribution >= 4 is 44.4 Å². The van der Waals surface area contributed by atoms with Gasteiger partial charge in [0.15, 0.2) is 18.2 Å². The molecule has 1 amide bonds. The number of likely N-dealkylation sites (tertiary alicyclic amines) is 1. The molecule has 7 nitrogen and oxygen atoms in total. The van der Waals surface area contributed by atoms with Crippen molar-refractivity contribution in [3.63, 3.8) is 0 Å². The molecule has 2 aliphatic heterocycles. The topological polar surface area (TPSA) is 70.6 Å². The quantitative estimate of drug-likeness (QED) is 0.477. The van der Waals surface area contributed by atoms with Gasteiger partial charge in [0.1, 0.15) is 0 Å². The number of aromatic nitrogens is 2. The Morgan fingerprint density at radius 2 is 1.89 bits per heavy atom. The Balaban J connectivity index is 1.22. The first-order valence-corrected chi connectivity index (χ1v) is 12.9. The third kappa shape index (κ3) is 5.56. The number of carbonyl (C=O) groups is 1. The molecule has 3 aromatic rings. The van der Waals surface area contributed by atoms with Crippen LogP contribution in [0.2, 0.25) is 0 Å². The minimum absolute atomic E-state index is 0.0306. The largest absolute Gasteiger partial charge is 0.481 e. The number of anilines is 2. The normalized spacial score (nSPS) is 17.2. The molecule has 0 atom stereocenters. The molecule has 0 bridgehead atoms. The van der Waals surface area contributed by atoms with Crippen molar-refractivity contribution in [3.05, 3.63) is 52.4 Å². The lowest BCUT2D eigenvalue weighted by atomic mass is 10.0. The van der Waals surface area contributed by atoms with E-state index in [1.54, 1.807) is 6.07 Å². The van der Waals surface area contributed by atoms with E-state index in [9.17, 15) is 9.18 Å². The summed E-state index contributed by atoms with van der Waals surface area (Å²) in [7, 11) is 0. The second kappa shape index (κ2) is 10.5. The van der Waals surface area contributed by atoms with Crippen LogP contribution in [0, 0.1) is 12.7 Å². The van der Waals surface area contributed by atoms with E-state index in [0.29, 0.717) is 16.2 Å². The molecule has 0 spiro atoms. The fourth-order valence-electron chi connectivity index (χ4n) is 4.96. The summed E-state index contributed by atoms with van der Waals surface area (Å²) in [4.78, 5) is 26.9. The first kappa shape index (κ1) is 23.9. The van der Waals surface area contributed by atoms with Crippen LogP contribution in [0.4, 0.5) is 16.0 Å². The second-order valence-electron chi connectivity index (χ2n) is 9.21. The third-order valence-corrected chi connectivity index (χ3v) is 7.31. The van der Waals surface area contributed by atoms with Crippen LogP contribution in [-0.2, 0) is 4.79 Å². The molecule has 35 heavy (non-hydrogen) atoms. The molecule has 1 aromatic heterocycles. The highest BCUT2D eigenvalue weighted by molar-refractivity contribution is 9.10. The molecular weight excluding hydrogens is 513 g/mol. The lowest BCUT2D eigenvalue weighted by Crippen LogP contribution is -2.44. The van der Waals surface area contributed by atoms with Crippen LogP contribution in [0.1, 0.15) is 31.4 Å². The number of aryl methyl sites for hydroxylation is 1. The molecule has 0 aliphatic carbocycles. The summed E-state index contributed by atoms with van der Waals surface area (Å²) < 4.78 is 19.8. The van der Waals surface area contributed by atoms with E-state index in [1.807, 2.05) is 25.1 Å². The molecule has 9 heteroatoms. The van der Waals surface area contributed by atoms with Crippen LogP contribution in [0.15, 0.2) is 40.9 Å². The molecule has 184 valence electrons. The van der Waals surface area contributed by atoms with Crippen molar-refractivity contribution < 1.29 is 13.9 Å². The van der Waals surface area contributed by atoms with Gasteiger partial charge in [-0.2, -0.15) is 0 Å². The van der Waals surface area contributed by atoms with E-state index in [4.69, 9.17) is 14.7 Å². The van der Waals surface area contributed by atoms with Crippen molar-refractivity contribution in [2.45, 2.75) is 38.6 Å². The zero-order valence-corrected chi connectivity index (χ0v) is 21.4. The Labute approximate surface area is 212 Å². The predicted molar refractivity (Wildman–Crippen MR) is 139 cm³/mol. The molecule has 0 radical (unpaired) electrons. The maximum absolute atomic E-state index is 13.9. The van der Waals surface area contributed by atoms with Gasteiger partial charge in [0, 0.05) is 34.7 Å². The lowest BCUT2D eigenvalue weighted by Gasteiger charge is -2.36. The van der Waals surface area contributed by atoms with Crippen LogP contribution in [0.3, 0.4) is 0 Å². The summed E-state index contributed by atoms with van der Waals surface area (Å²) >= 11 is 3.20. The number of hydrogen-bond acceptors (Lipinski definition) is 6. The molecule has 1 N–H and O–H groups in total. The first-order chi connectivity index (χ1) is 17.0. The highest BCUT2D eigenvalue weighted by Gasteiger charge is 2.27. The number of halogens is 2. The van der Waals surface area contributed by atoms with Crippen molar-refractivity contribution in [1.82, 2.24) is 14.9 Å². The smallest absolute Gasteiger partial charge is 0.262 e. The zero-order valence-electron chi connectivity index (χ0n) is 19.8. The zero-order chi connectivity index (χ0) is 24.4. The lowest BCUT2D eigenvalue weighted by molar-refractivity contribution is -0.118. The Morgan fingerprint density at radius 3 is 2.63 bits per heavy atom. The monoisotopic (exact) mass is 541 g/mol. The van der Waals surface area contributed by atoms with Gasteiger partial charge in [-0.1, -0.05) is 15.9 Å². The number of amides is 1. The Kier molecular flexibility index (Phi) is 7.15. The molecule has 2 fully saturated rings. The first-order valence-electron chi connectivity index (χ1n) is 12.1. The summed E-state index contributed by atoms with van der Waals surface area (Å²) in [6, 6.07) is 10.7. The molecule has 2 aliphatic rings. The van der Waals surface area contributed by atoms with Gasteiger partial charge in [-0.25, -0.2) is 14.4 Å². The third-order valence-electron chi connectivity index (χ3n) is 6.82. The number of fused-ring (bicyclic) bond motifs is 1. The number of benzene rings is 2. The number of piperidine rings is 1. The van der Waals surface area contributed by atoms with E-state index >= 15 is 0 Å². The maximum Gasteiger partial charge on any atom is 0.262 e. The van der Waals surface area contributed by atoms with Gasteiger partial charge < -0.3 is 19.9 Å². The van der Waals surface area contributed by atoms with Gasteiger partial charge in [0.2, 0.25) is 5.95 Å². The number of ether oxygens (including phenoxy) is 1. The summed E-state index contributed by atoms with van der Waals surface area (Å²) in [5.41, 5.74) is 2.34. The van der Waals surface area contributed by atoms with E-state index in [-0.39, 0.29) is 18.3 Å². The molecule has 3 heterocycles. The minimum Gasteiger partial charge on any atom is -0.481 e. The van der Waals surface area contributed by atoms with Gasteiger partial charge in [-0.15, -0.1) is 0 Å². The average molecular weight is 542 g/mol. The summed E-state index contributed by atoms with van der Waals surface area (Å²) in [5, 5.41) is 3.69. The second-order valence-corrected chi connectivity index (χ2v) is 10.1. The van der Waals surface area contributed by atoms with Crippen LogP contribution < -0.4 is 15.0 Å². The van der Waals surface area contributed by atoms with Gasteiger partial charge in [-0.05, 0) is 82.1 Å². The average Bonchev–Trinajstić information content (AvgIpc) is 3.39. The number of nitrogens with one attached hydrogen (secondary N) is 1. The number of rotatable bonds is 6. The van der Waals surface area contributed by atoms with Crippen molar-refractivity contribution in [3.8, 4) is 5.75 Å². The maximum atomic E-state index is 13.9. The van der Waals surface area contributed by atoms with E-state index in [1.165, 1.54) is 38.1 Å². The molecule has 2 saturated heterocycles. The van der Waals surface area contributed by atoms with E-state index in [0.717, 1.165) is 48.5 Å². The minimum atomic E-state index is -0.526. The predicted octanol–water partition coefficient (Wildman–Crippen LogP) is 4.92. The fourth-order valence-corrected chi connectivity index (χ4v) is 5.29. The Hall–Kier alpha value is -2.78. The fraction of sp³-hybridized carbons (Fsp3) is 0.423. The van der Waals surface area contributed by atoms with Crippen LogP contribution >= 0.6 is 15.9 Å². The Bertz CT molecular complexity index is 1230. The van der Waals surface area contributed by atoms with Gasteiger partial charge in [-0.3, -0.25) is 4.79 Å². The van der Waals surface area contributed by atoms with Crippen LogP contribution in [0.5, 0.6) is 5.75 Å². The van der Waals surface area contributed by atoms with Crippen molar-refractivity contribution in [2.75, 3.05) is 43.0 Å². The standard InChI is InChI=1S/C26H29BrFN5O2/c1-17-21-15-19(30-25(34)16-35-24-7-4-18(27)14-22(24)28)5-6-23(21)31-26(29-17)33-12-8-20(9-13-33)32-10-2-3-11-32/h4-7,14-15,20H,2-3,8-13,16H2,1H3,(H,30,34). The Morgan fingerprint density at radius 1 is 1.11 bits per heavy atom. The summed E-state index contributed by atoms with van der Waals surface area (Å²) in [6.45, 7) is 6.09. The van der Waals surface area contributed by atoms with Crippen molar-refractivity contribution in [2.24, 2.45) is 0 Å². The summed E-state index contributed by atoms with van der Waals surface area (Å²) in [6.07, 6.45) is 4.95. The van der Waals surface area contributed by atoms with E-state index in [2.05, 4.69) is 31.0 Å². The van der Waals surface area contributed by atoms with Crippen LogP contribution in [0.25, 0.3) is 10.9 Å². The van der Waals surface area contributed by atoms with Crippen molar-refractivity contribution in [1.29, 1.82) is 0 Å². The number of hydrogen-bond donors (Lipinski definition) is 1. The molecule has 5 rings (SSSR count). The highest BCUT2D eigenvalue weighted by Crippen LogP contribution is 2.27. The summed E-state index contributed by atoms with van der Waals surface area (Å²) in [5.74, 6) is -0.0934. The van der Waals surface area contributed by atoms with Gasteiger partial charge in [0.25, 0.3) is 5.91 Å². The molecule has 2 aromatic carbocycles. The van der Waals surface area contributed by atoms with E-state index < -0.39 is 5.82 Å². The van der Waals surface area contributed by atoms with Gasteiger partial charge >= 0.3 is 0 Å². The number of nitrogens with zero attached hydrogens (tertiary/aromatic N) is 4. The highest BCUT2D eigenvalue weighted by atomic mass is 79.9. The SMILES string of the molecule is Cc1nc(N2CCC(N3CCCC3)CC2)nc2ccc(NC(=O)COc3ccc(Br)cc3F)cc12. The molecule has 0 unspecified atom stereocenters. The molecule has 0 saturated carbocycles. The number of carbonyl (C=O) groups excluding carboxylic acids is 1. The van der Waals surface area contributed by atoms with Crippen LogP contribution in [-0.4, -0.2) is 59.6 Å². The van der Waals surface area contributed by atoms with Gasteiger partial charge in [0.05, 0.1) is 11.2 Å². The molecular formula is C26H29BrFN5O2.